The van der Waals surface area contributed by atoms with E-state index in [1.165, 1.54) is 12.1 Å². The minimum atomic E-state index is -0.232. The molecule has 1 aromatic carbocycles. The van der Waals surface area contributed by atoms with Gasteiger partial charge in [-0.05, 0) is 37.7 Å². The first-order valence-corrected chi connectivity index (χ1v) is 6.30. The molecule has 0 aliphatic carbocycles. The smallest absolute Gasteiger partial charge is 0.123 e. The Balaban J connectivity index is 2.17. The Morgan fingerprint density at radius 1 is 1.26 bits per heavy atom. The highest BCUT2D eigenvalue weighted by atomic mass is 19.1. The number of likely N-dealkylation sites (N-methyl/N-ethyl adjacent to an activating group) is 1. The van der Waals surface area contributed by atoms with Crippen LogP contribution in [0.15, 0.2) is 47.3 Å². The minimum absolute atomic E-state index is 0.0375. The van der Waals surface area contributed by atoms with Crippen molar-refractivity contribution in [1.29, 1.82) is 0 Å². The first-order chi connectivity index (χ1) is 9.08. The first kappa shape index (κ1) is 13.8. The number of nitrogens with zero attached hydrogens (tertiary/aromatic N) is 1. The zero-order valence-corrected chi connectivity index (χ0v) is 11.2. The Morgan fingerprint density at radius 2 is 1.95 bits per heavy atom. The van der Waals surface area contributed by atoms with Gasteiger partial charge in [0.05, 0.1) is 12.5 Å². The lowest BCUT2D eigenvalue weighted by Gasteiger charge is -2.31. The maximum absolute atomic E-state index is 13.0. The van der Waals surface area contributed by atoms with Gasteiger partial charge in [-0.15, -0.1) is 0 Å². The largest absolute Gasteiger partial charge is 0.472 e. The van der Waals surface area contributed by atoms with Gasteiger partial charge in [-0.2, -0.15) is 0 Å². The second-order valence-corrected chi connectivity index (χ2v) is 4.90. The highest BCUT2D eigenvalue weighted by Gasteiger charge is 2.21. The fourth-order valence-corrected chi connectivity index (χ4v) is 2.39. The van der Waals surface area contributed by atoms with Gasteiger partial charge in [0.25, 0.3) is 0 Å². The highest BCUT2D eigenvalue weighted by molar-refractivity contribution is 5.21. The molecule has 0 saturated heterocycles. The summed E-state index contributed by atoms with van der Waals surface area (Å²) in [5.41, 5.74) is 8.19. The quantitative estimate of drug-likeness (QED) is 0.900. The van der Waals surface area contributed by atoms with E-state index < -0.39 is 0 Å². The third-order valence-electron chi connectivity index (χ3n) is 3.20. The van der Waals surface area contributed by atoms with Gasteiger partial charge in [0.2, 0.25) is 0 Å². The Morgan fingerprint density at radius 3 is 2.47 bits per heavy atom. The lowest BCUT2D eigenvalue weighted by Crippen LogP contribution is -2.36. The van der Waals surface area contributed by atoms with E-state index in [0.29, 0.717) is 0 Å². The molecule has 3 nitrogen and oxygen atoms in total. The van der Waals surface area contributed by atoms with E-state index in [2.05, 4.69) is 4.90 Å². The van der Waals surface area contributed by atoms with Gasteiger partial charge < -0.3 is 10.2 Å². The molecule has 0 fully saturated rings. The fourth-order valence-electron chi connectivity index (χ4n) is 2.39. The molecular formula is C15H19FN2O. The summed E-state index contributed by atoms with van der Waals surface area (Å²) in [6.07, 6.45) is 3.38. The molecule has 2 unspecified atom stereocenters. The Kier molecular flexibility index (Phi) is 4.35. The molecule has 19 heavy (non-hydrogen) atoms. The number of halogens is 1. The second kappa shape index (κ2) is 5.99. The van der Waals surface area contributed by atoms with Crippen molar-refractivity contribution in [3.8, 4) is 0 Å². The molecular weight excluding hydrogens is 243 g/mol. The van der Waals surface area contributed by atoms with E-state index in [1.807, 2.05) is 20.0 Å². The summed E-state index contributed by atoms with van der Waals surface area (Å²) in [6.45, 7) is 2.69. The van der Waals surface area contributed by atoms with E-state index in [9.17, 15) is 4.39 Å². The van der Waals surface area contributed by atoms with Gasteiger partial charge in [-0.3, -0.25) is 4.90 Å². The Bertz CT molecular complexity index is 493. The van der Waals surface area contributed by atoms with Gasteiger partial charge in [-0.1, -0.05) is 12.1 Å². The van der Waals surface area contributed by atoms with Crippen molar-refractivity contribution in [2.75, 3.05) is 7.05 Å². The van der Waals surface area contributed by atoms with E-state index in [0.717, 1.165) is 17.7 Å². The summed E-state index contributed by atoms with van der Waals surface area (Å²) in [6, 6.07) is 8.43. The maximum Gasteiger partial charge on any atom is 0.123 e. The molecule has 0 radical (unpaired) electrons. The number of hydrogen-bond donors (Lipinski definition) is 1. The average Bonchev–Trinajstić information content (AvgIpc) is 2.84. The number of furan rings is 1. The van der Waals surface area contributed by atoms with Crippen LogP contribution in [0.3, 0.4) is 0 Å². The van der Waals surface area contributed by atoms with E-state index >= 15 is 0 Å². The maximum atomic E-state index is 13.0. The standard InChI is InChI=1S/C15H19FN2O/c1-11(17)15(13-3-5-14(16)6-4-13)18(2)9-12-7-8-19-10-12/h3-8,10-11,15H,9,17H2,1-2H3. The molecule has 2 N–H and O–H groups in total. The van der Waals surface area contributed by atoms with Crippen LogP contribution in [0.5, 0.6) is 0 Å². The van der Waals surface area contributed by atoms with Crippen molar-refractivity contribution in [2.45, 2.75) is 25.6 Å². The van der Waals surface area contributed by atoms with E-state index in [4.69, 9.17) is 10.2 Å². The normalized spacial score (nSPS) is 14.6. The van der Waals surface area contributed by atoms with Crippen molar-refractivity contribution in [3.63, 3.8) is 0 Å². The summed E-state index contributed by atoms with van der Waals surface area (Å²) in [5.74, 6) is -0.232. The monoisotopic (exact) mass is 262 g/mol. The van der Waals surface area contributed by atoms with Crippen molar-refractivity contribution in [2.24, 2.45) is 5.73 Å². The van der Waals surface area contributed by atoms with Gasteiger partial charge in [0.15, 0.2) is 0 Å². The topological polar surface area (TPSA) is 42.4 Å². The van der Waals surface area contributed by atoms with Crippen molar-refractivity contribution < 1.29 is 8.81 Å². The molecule has 2 atom stereocenters. The van der Waals surface area contributed by atoms with Crippen LogP contribution >= 0.6 is 0 Å². The summed E-state index contributed by atoms with van der Waals surface area (Å²) >= 11 is 0. The molecule has 2 rings (SSSR count). The van der Waals surface area contributed by atoms with Crippen LogP contribution in [0.25, 0.3) is 0 Å². The molecule has 102 valence electrons. The fraction of sp³-hybridized carbons (Fsp3) is 0.333. The van der Waals surface area contributed by atoms with Gasteiger partial charge in [0, 0.05) is 24.2 Å². The van der Waals surface area contributed by atoms with Crippen LogP contribution in [0, 0.1) is 5.82 Å². The zero-order valence-electron chi connectivity index (χ0n) is 11.2. The predicted octanol–water partition coefficient (Wildman–Crippen LogP) is 2.94. The molecule has 0 aliphatic heterocycles. The Labute approximate surface area is 112 Å². The summed E-state index contributed by atoms with van der Waals surface area (Å²) in [7, 11) is 2.00. The van der Waals surface area contributed by atoms with Crippen molar-refractivity contribution in [1.82, 2.24) is 4.90 Å². The van der Waals surface area contributed by atoms with Gasteiger partial charge >= 0.3 is 0 Å². The van der Waals surface area contributed by atoms with Gasteiger partial charge in [-0.25, -0.2) is 4.39 Å². The van der Waals surface area contributed by atoms with E-state index in [1.54, 1.807) is 24.7 Å². The second-order valence-electron chi connectivity index (χ2n) is 4.90. The van der Waals surface area contributed by atoms with Crippen LogP contribution in [0.2, 0.25) is 0 Å². The third-order valence-corrected chi connectivity index (χ3v) is 3.20. The average molecular weight is 262 g/mol. The minimum Gasteiger partial charge on any atom is -0.472 e. The lowest BCUT2D eigenvalue weighted by atomic mass is 9.99. The van der Waals surface area contributed by atoms with E-state index in [-0.39, 0.29) is 17.9 Å². The first-order valence-electron chi connectivity index (χ1n) is 6.30. The zero-order chi connectivity index (χ0) is 13.8. The summed E-state index contributed by atoms with van der Waals surface area (Å²) < 4.78 is 18.1. The lowest BCUT2D eigenvalue weighted by molar-refractivity contribution is 0.210. The summed E-state index contributed by atoms with van der Waals surface area (Å²) in [4.78, 5) is 2.14. The molecule has 0 saturated carbocycles. The molecule has 2 aromatic rings. The number of rotatable bonds is 5. The number of nitrogens with two attached hydrogens (primary N) is 1. The van der Waals surface area contributed by atoms with Crippen LogP contribution < -0.4 is 5.73 Å². The van der Waals surface area contributed by atoms with Crippen LogP contribution in [0.4, 0.5) is 4.39 Å². The SMILES string of the molecule is CC(N)C(c1ccc(F)cc1)N(C)Cc1ccoc1. The van der Waals surface area contributed by atoms with Crippen LogP contribution in [-0.4, -0.2) is 18.0 Å². The predicted molar refractivity (Wildman–Crippen MR) is 73.0 cm³/mol. The summed E-state index contributed by atoms with van der Waals surface area (Å²) in [5, 5.41) is 0. The molecule has 0 spiro atoms. The highest BCUT2D eigenvalue weighted by Crippen LogP contribution is 2.24. The molecule has 0 bridgehead atoms. The van der Waals surface area contributed by atoms with Crippen molar-refractivity contribution in [3.05, 3.63) is 59.8 Å². The molecule has 4 heteroatoms. The number of hydrogen-bond acceptors (Lipinski definition) is 3. The third kappa shape index (κ3) is 3.43. The molecule has 1 heterocycles. The number of benzene rings is 1. The van der Waals surface area contributed by atoms with Crippen molar-refractivity contribution >= 4 is 0 Å². The van der Waals surface area contributed by atoms with Gasteiger partial charge in [0.1, 0.15) is 5.82 Å². The van der Waals surface area contributed by atoms with Crippen LogP contribution in [-0.2, 0) is 6.54 Å². The Hall–Kier alpha value is -1.65. The molecule has 0 aliphatic rings. The van der Waals surface area contributed by atoms with Crippen LogP contribution in [0.1, 0.15) is 24.1 Å². The molecule has 1 aromatic heterocycles. The molecule has 0 amide bonds.